The molecule has 0 atom stereocenters. The van der Waals surface area contributed by atoms with Crippen LogP contribution in [0.3, 0.4) is 0 Å². The van der Waals surface area contributed by atoms with Crippen molar-refractivity contribution in [3.8, 4) is 16.9 Å². The highest BCUT2D eigenvalue weighted by molar-refractivity contribution is 5.98. The van der Waals surface area contributed by atoms with Gasteiger partial charge in [-0.05, 0) is 23.8 Å². The molecule has 0 spiro atoms. The fraction of sp³-hybridized carbons (Fsp3) is 0.0952. The van der Waals surface area contributed by atoms with E-state index in [1.165, 1.54) is 37.4 Å². The fourth-order valence-corrected chi connectivity index (χ4v) is 2.73. The summed E-state index contributed by atoms with van der Waals surface area (Å²) in [6.45, 7) is 0.192. The number of nitro groups is 1. The highest BCUT2D eigenvalue weighted by Crippen LogP contribution is 2.35. The van der Waals surface area contributed by atoms with Gasteiger partial charge in [-0.25, -0.2) is 9.18 Å². The molecule has 28 heavy (non-hydrogen) atoms. The van der Waals surface area contributed by atoms with Crippen molar-refractivity contribution >= 4 is 11.7 Å². The number of halogens is 1. The van der Waals surface area contributed by atoms with E-state index in [1.807, 2.05) is 30.3 Å². The average molecular weight is 381 g/mol. The number of carbonyl (C=O) groups is 1. The van der Waals surface area contributed by atoms with Crippen LogP contribution in [0, 0.1) is 15.9 Å². The molecule has 6 nitrogen and oxygen atoms in total. The van der Waals surface area contributed by atoms with Crippen molar-refractivity contribution in [2.75, 3.05) is 7.11 Å². The minimum absolute atomic E-state index is 0.00660. The predicted molar refractivity (Wildman–Crippen MR) is 101 cm³/mol. The van der Waals surface area contributed by atoms with Crippen molar-refractivity contribution in [1.29, 1.82) is 0 Å². The maximum absolute atomic E-state index is 13.8. The van der Waals surface area contributed by atoms with Gasteiger partial charge < -0.3 is 9.47 Å². The second-order valence-electron chi connectivity index (χ2n) is 5.89. The number of nitrogens with zero attached hydrogens (tertiary/aromatic N) is 1. The van der Waals surface area contributed by atoms with Crippen LogP contribution in [0.1, 0.15) is 15.9 Å². The van der Waals surface area contributed by atoms with Crippen LogP contribution in [0.15, 0.2) is 66.7 Å². The van der Waals surface area contributed by atoms with E-state index in [2.05, 4.69) is 0 Å². The zero-order chi connectivity index (χ0) is 20.1. The Kier molecular flexibility index (Phi) is 5.64. The summed E-state index contributed by atoms with van der Waals surface area (Å²) in [5.74, 6) is -1.03. The first-order valence-corrected chi connectivity index (χ1v) is 8.33. The van der Waals surface area contributed by atoms with Crippen LogP contribution in [-0.2, 0) is 11.3 Å². The standard InChI is InChI=1S/C21H16FNO5/c1-27-21(24)19-12-16(23(25)26)8-10-17(19)18-9-7-15(22)11-20(18)28-13-14-5-3-2-4-6-14/h2-12H,13H2,1H3. The van der Waals surface area contributed by atoms with Crippen molar-refractivity contribution in [3.63, 3.8) is 0 Å². The second-order valence-corrected chi connectivity index (χ2v) is 5.89. The van der Waals surface area contributed by atoms with Gasteiger partial charge in [0.05, 0.1) is 17.6 Å². The first-order chi connectivity index (χ1) is 13.5. The lowest BCUT2D eigenvalue weighted by Crippen LogP contribution is -2.06. The van der Waals surface area contributed by atoms with E-state index in [1.54, 1.807) is 0 Å². The molecule has 142 valence electrons. The molecule has 3 aromatic rings. The highest BCUT2D eigenvalue weighted by atomic mass is 19.1. The normalized spacial score (nSPS) is 10.4. The first kappa shape index (κ1) is 19.0. The van der Waals surface area contributed by atoms with Gasteiger partial charge in [0.15, 0.2) is 0 Å². The van der Waals surface area contributed by atoms with Crippen LogP contribution in [0.2, 0.25) is 0 Å². The molecular weight excluding hydrogens is 365 g/mol. The van der Waals surface area contributed by atoms with Gasteiger partial charge >= 0.3 is 5.97 Å². The third kappa shape index (κ3) is 4.15. The van der Waals surface area contributed by atoms with Gasteiger partial charge in [0, 0.05) is 29.3 Å². The van der Waals surface area contributed by atoms with E-state index in [-0.39, 0.29) is 23.6 Å². The Morgan fingerprint density at radius 1 is 1.04 bits per heavy atom. The summed E-state index contributed by atoms with van der Waals surface area (Å²) in [4.78, 5) is 22.6. The average Bonchev–Trinajstić information content (AvgIpc) is 2.72. The molecule has 3 rings (SSSR count). The SMILES string of the molecule is COC(=O)c1cc([N+](=O)[O-])ccc1-c1ccc(F)cc1OCc1ccccc1. The van der Waals surface area contributed by atoms with Crippen molar-refractivity contribution in [2.45, 2.75) is 6.61 Å². The summed E-state index contributed by atoms with van der Waals surface area (Å²) >= 11 is 0. The Balaban J connectivity index is 2.05. The highest BCUT2D eigenvalue weighted by Gasteiger charge is 2.21. The van der Waals surface area contributed by atoms with Crippen LogP contribution >= 0.6 is 0 Å². The van der Waals surface area contributed by atoms with Crippen LogP contribution in [0.4, 0.5) is 10.1 Å². The largest absolute Gasteiger partial charge is 0.488 e. The molecule has 0 aliphatic heterocycles. The number of ether oxygens (including phenoxy) is 2. The maximum atomic E-state index is 13.8. The van der Waals surface area contributed by atoms with Crippen molar-refractivity contribution < 1.29 is 23.6 Å². The van der Waals surface area contributed by atoms with Gasteiger partial charge in [0.2, 0.25) is 0 Å². The Morgan fingerprint density at radius 3 is 2.43 bits per heavy atom. The Morgan fingerprint density at radius 2 is 1.75 bits per heavy atom. The number of methoxy groups -OCH3 is 1. The van der Waals surface area contributed by atoms with E-state index in [4.69, 9.17) is 9.47 Å². The molecule has 0 aromatic heterocycles. The third-order valence-electron chi connectivity index (χ3n) is 4.09. The number of esters is 1. The lowest BCUT2D eigenvalue weighted by Gasteiger charge is -2.14. The topological polar surface area (TPSA) is 78.7 Å². The number of rotatable bonds is 6. The molecule has 0 bridgehead atoms. The molecule has 0 amide bonds. The quantitative estimate of drug-likeness (QED) is 0.349. The summed E-state index contributed by atoms with van der Waals surface area (Å²) in [5, 5.41) is 11.1. The van der Waals surface area contributed by atoms with E-state index in [9.17, 15) is 19.3 Å². The summed E-state index contributed by atoms with van der Waals surface area (Å²) in [6, 6.07) is 17.0. The van der Waals surface area contributed by atoms with E-state index < -0.39 is 16.7 Å². The Bertz CT molecular complexity index is 1020. The van der Waals surface area contributed by atoms with Crippen molar-refractivity contribution in [2.24, 2.45) is 0 Å². The lowest BCUT2D eigenvalue weighted by molar-refractivity contribution is -0.384. The monoisotopic (exact) mass is 381 g/mol. The zero-order valence-electron chi connectivity index (χ0n) is 14.9. The van der Waals surface area contributed by atoms with Gasteiger partial charge in [-0.3, -0.25) is 10.1 Å². The number of hydrogen-bond donors (Lipinski definition) is 0. The molecule has 3 aromatic carbocycles. The van der Waals surface area contributed by atoms with Crippen LogP contribution in [0.5, 0.6) is 5.75 Å². The predicted octanol–water partition coefficient (Wildman–Crippen LogP) is 4.77. The third-order valence-corrected chi connectivity index (χ3v) is 4.09. The molecular formula is C21H16FNO5. The van der Waals surface area contributed by atoms with Gasteiger partial charge in [-0.2, -0.15) is 0 Å². The summed E-state index contributed by atoms with van der Waals surface area (Å²) in [7, 11) is 1.18. The van der Waals surface area contributed by atoms with Crippen LogP contribution in [0.25, 0.3) is 11.1 Å². The molecule has 0 saturated heterocycles. The summed E-state index contributed by atoms with van der Waals surface area (Å²) in [6.07, 6.45) is 0. The van der Waals surface area contributed by atoms with E-state index in [0.29, 0.717) is 11.1 Å². The van der Waals surface area contributed by atoms with Crippen LogP contribution in [-0.4, -0.2) is 18.0 Å². The van der Waals surface area contributed by atoms with E-state index >= 15 is 0 Å². The Hall–Kier alpha value is -3.74. The molecule has 0 N–H and O–H groups in total. The molecule has 0 unspecified atom stereocenters. The molecule has 0 heterocycles. The molecule has 0 aliphatic carbocycles. The summed E-state index contributed by atoms with van der Waals surface area (Å²) < 4.78 is 24.4. The zero-order valence-corrected chi connectivity index (χ0v) is 14.9. The Labute approximate surface area is 160 Å². The first-order valence-electron chi connectivity index (χ1n) is 8.33. The molecule has 0 saturated carbocycles. The van der Waals surface area contributed by atoms with Gasteiger partial charge in [0.25, 0.3) is 5.69 Å². The number of carbonyl (C=O) groups excluding carboxylic acids is 1. The molecule has 0 fully saturated rings. The fourth-order valence-electron chi connectivity index (χ4n) is 2.73. The number of non-ortho nitro benzene ring substituents is 1. The summed E-state index contributed by atoms with van der Waals surface area (Å²) in [5.41, 5.74) is 1.40. The van der Waals surface area contributed by atoms with Crippen molar-refractivity contribution in [1.82, 2.24) is 0 Å². The van der Waals surface area contributed by atoms with Crippen molar-refractivity contribution in [3.05, 3.63) is 93.8 Å². The molecule has 0 aliphatic rings. The maximum Gasteiger partial charge on any atom is 0.338 e. The van der Waals surface area contributed by atoms with Gasteiger partial charge in [0.1, 0.15) is 18.2 Å². The smallest absolute Gasteiger partial charge is 0.338 e. The number of benzene rings is 3. The molecule has 0 radical (unpaired) electrons. The van der Waals surface area contributed by atoms with Gasteiger partial charge in [-0.1, -0.05) is 30.3 Å². The van der Waals surface area contributed by atoms with Gasteiger partial charge in [-0.15, -0.1) is 0 Å². The lowest BCUT2D eigenvalue weighted by atomic mass is 9.98. The second kappa shape index (κ2) is 8.30. The van der Waals surface area contributed by atoms with Crippen LogP contribution < -0.4 is 4.74 Å². The number of hydrogen-bond acceptors (Lipinski definition) is 5. The van der Waals surface area contributed by atoms with E-state index in [0.717, 1.165) is 11.6 Å². The minimum Gasteiger partial charge on any atom is -0.488 e. The number of nitro benzene ring substituents is 1. The molecule has 7 heteroatoms. The minimum atomic E-state index is -0.739.